The summed E-state index contributed by atoms with van der Waals surface area (Å²) < 4.78 is 5.76. The molecular weight excluding hydrogens is 344 g/mol. The molecule has 2 aliphatic carbocycles. The molecule has 0 unspecified atom stereocenters. The Kier molecular flexibility index (Phi) is 4.83. The Hall–Kier alpha value is -1.40. The average Bonchev–Trinajstić information content (AvgIpc) is 2.94. The molecule has 3 fully saturated rings. The lowest BCUT2D eigenvalue weighted by atomic mass is 9.55. The maximum absolute atomic E-state index is 12.7. The molecular formula is C21H33N2O4+. The third-order valence-electron chi connectivity index (χ3n) is 7.99. The van der Waals surface area contributed by atoms with Gasteiger partial charge in [0.2, 0.25) is 5.91 Å². The largest absolute Gasteiger partial charge is 0.461 e. The molecule has 0 aromatic carbocycles. The summed E-state index contributed by atoms with van der Waals surface area (Å²) in [6.07, 6.45) is 4.47. The fraction of sp³-hybridized carbons (Fsp3) is 0.810. The number of ether oxygens (including phenoxy) is 1. The van der Waals surface area contributed by atoms with Crippen molar-refractivity contribution in [1.82, 2.24) is 4.90 Å². The van der Waals surface area contributed by atoms with Crippen molar-refractivity contribution in [2.45, 2.75) is 52.2 Å². The van der Waals surface area contributed by atoms with E-state index in [2.05, 4.69) is 19.9 Å². The van der Waals surface area contributed by atoms with Crippen LogP contribution in [-0.4, -0.2) is 66.8 Å². The van der Waals surface area contributed by atoms with Crippen molar-refractivity contribution in [3.05, 3.63) is 11.6 Å². The number of amides is 1. The van der Waals surface area contributed by atoms with E-state index in [-0.39, 0.29) is 35.2 Å². The van der Waals surface area contributed by atoms with Crippen molar-refractivity contribution in [2.24, 2.45) is 23.2 Å². The van der Waals surface area contributed by atoms with E-state index in [4.69, 9.17) is 4.74 Å². The second-order valence-corrected chi connectivity index (χ2v) is 9.26. The number of carbonyl (C=O) groups is 2. The molecule has 2 saturated heterocycles. The first kappa shape index (κ1) is 18.9. The van der Waals surface area contributed by atoms with Gasteiger partial charge in [0, 0.05) is 24.7 Å². The van der Waals surface area contributed by atoms with Crippen molar-refractivity contribution >= 4 is 11.9 Å². The Labute approximate surface area is 161 Å². The summed E-state index contributed by atoms with van der Waals surface area (Å²) in [5.41, 5.74) is 1.04. The van der Waals surface area contributed by atoms with Gasteiger partial charge in [-0.3, -0.25) is 9.59 Å². The molecule has 4 aliphatic rings. The monoisotopic (exact) mass is 377 g/mol. The number of quaternary nitrogens is 1. The lowest BCUT2D eigenvalue weighted by Crippen LogP contribution is -3.15. The molecule has 2 aliphatic heterocycles. The highest BCUT2D eigenvalue weighted by Crippen LogP contribution is 2.55. The van der Waals surface area contributed by atoms with Gasteiger partial charge in [-0.2, -0.15) is 0 Å². The molecule has 4 rings (SSSR count). The molecule has 150 valence electrons. The van der Waals surface area contributed by atoms with Gasteiger partial charge in [-0.05, 0) is 18.8 Å². The number of aliphatic hydroxyl groups is 1. The van der Waals surface area contributed by atoms with Crippen LogP contribution in [0.1, 0.15) is 40.0 Å². The van der Waals surface area contributed by atoms with Gasteiger partial charge in [0.25, 0.3) is 0 Å². The summed E-state index contributed by atoms with van der Waals surface area (Å²) in [5.74, 6) is 0.0443. The fourth-order valence-corrected chi connectivity index (χ4v) is 5.95. The van der Waals surface area contributed by atoms with Gasteiger partial charge in [0.05, 0.1) is 38.8 Å². The van der Waals surface area contributed by atoms with E-state index in [0.29, 0.717) is 12.5 Å². The topological polar surface area (TPSA) is 71.3 Å². The third kappa shape index (κ3) is 3.01. The first-order valence-electron chi connectivity index (χ1n) is 10.5. The number of esters is 1. The second-order valence-electron chi connectivity index (χ2n) is 9.26. The molecule has 0 spiro atoms. The van der Waals surface area contributed by atoms with Gasteiger partial charge in [0.15, 0.2) is 0 Å². The van der Waals surface area contributed by atoms with Crippen LogP contribution in [0.4, 0.5) is 0 Å². The van der Waals surface area contributed by atoms with E-state index in [9.17, 15) is 14.7 Å². The average molecular weight is 378 g/mol. The van der Waals surface area contributed by atoms with Gasteiger partial charge in [0.1, 0.15) is 12.0 Å². The Morgan fingerprint density at radius 2 is 2.11 bits per heavy atom. The van der Waals surface area contributed by atoms with Crippen molar-refractivity contribution in [1.29, 1.82) is 0 Å². The highest BCUT2D eigenvalue weighted by Gasteiger charge is 2.60. The Morgan fingerprint density at radius 3 is 2.78 bits per heavy atom. The quantitative estimate of drug-likeness (QED) is 0.526. The van der Waals surface area contributed by atoms with Crippen LogP contribution in [-0.2, 0) is 14.3 Å². The van der Waals surface area contributed by atoms with E-state index in [1.807, 2.05) is 4.90 Å². The lowest BCUT2D eigenvalue weighted by molar-refractivity contribution is -0.906. The molecule has 1 saturated carbocycles. The molecule has 0 bridgehead atoms. The van der Waals surface area contributed by atoms with Gasteiger partial charge in [-0.25, -0.2) is 0 Å². The summed E-state index contributed by atoms with van der Waals surface area (Å²) in [6.45, 7) is 9.92. The molecule has 1 amide bonds. The van der Waals surface area contributed by atoms with Gasteiger partial charge in [-0.15, -0.1) is 0 Å². The van der Waals surface area contributed by atoms with Gasteiger partial charge in [-0.1, -0.05) is 25.5 Å². The number of hydrogen-bond donors (Lipinski definition) is 2. The zero-order valence-corrected chi connectivity index (χ0v) is 16.7. The van der Waals surface area contributed by atoms with Crippen LogP contribution in [0.3, 0.4) is 0 Å². The van der Waals surface area contributed by atoms with Crippen molar-refractivity contribution in [3.63, 3.8) is 0 Å². The molecule has 0 aromatic rings. The normalized spacial score (nSPS) is 42.2. The molecule has 27 heavy (non-hydrogen) atoms. The predicted octanol–water partition coefficient (Wildman–Crippen LogP) is 0.0184. The van der Waals surface area contributed by atoms with Crippen molar-refractivity contribution in [3.8, 4) is 0 Å². The number of hydrogen-bond acceptors (Lipinski definition) is 4. The molecule has 2 N–H and O–H groups in total. The minimum absolute atomic E-state index is 0.112. The molecule has 2 heterocycles. The second kappa shape index (κ2) is 6.89. The zero-order chi connectivity index (χ0) is 19.3. The van der Waals surface area contributed by atoms with Crippen LogP contribution in [0.2, 0.25) is 0 Å². The van der Waals surface area contributed by atoms with Crippen LogP contribution in [0.15, 0.2) is 11.6 Å². The van der Waals surface area contributed by atoms with Crippen molar-refractivity contribution < 1.29 is 24.3 Å². The molecule has 6 atom stereocenters. The highest BCUT2D eigenvalue weighted by molar-refractivity contribution is 5.76. The minimum atomic E-state index is -0.535. The van der Waals surface area contributed by atoms with Crippen LogP contribution < -0.4 is 4.90 Å². The van der Waals surface area contributed by atoms with Crippen molar-refractivity contribution in [2.75, 3.05) is 32.7 Å². The third-order valence-corrected chi connectivity index (χ3v) is 7.99. The van der Waals surface area contributed by atoms with Crippen LogP contribution in [0.25, 0.3) is 0 Å². The molecule has 0 aromatic heterocycles. The molecule has 0 radical (unpaired) electrons. The smallest absolute Gasteiger partial charge is 0.315 e. The summed E-state index contributed by atoms with van der Waals surface area (Å²) in [7, 11) is 0. The van der Waals surface area contributed by atoms with E-state index < -0.39 is 6.10 Å². The van der Waals surface area contributed by atoms with E-state index in [0.717, 1.165) is 45.4 Å². The molecule has 6 nitrogen and oxygen atoms in total. The Bertz CT molecular complexity index is 655. The number of rotatable bonds is 2. The van der Waals surface area contributed by atoms with Crippen LogP contribution in [0, 0.1) is 23.2 Å². The lowest BCUT2D eigenvalue weighted by Gasteiger charge is -2.51. The number of nitrogens with zero attached hydrogens (tertiary/aromatic N) is 1. The first-order valence-corrected chi connectivity index (χ1v) is 10.5. The predicted molar refractivity (Wildman–Crippen MR) is 99.9 cm³/mol. The Morgan fingerprint density at radius 1 is 1.41 bits per heavy atom. The SMILES string of the molecule is CC(=O)N1CC[NH+](C[C@H]2C(=O)O[C@@H]3CC4=CCC[C@@H](C)[C@@]4(C)[C@@H](O)[C@@H]32)CC1. The fourth-order valence-electron chi connectivity index (χ4n) is 5.95. The summed E-state index contributed by atoms with van der Waals surface area (Å²) in [4.78, 5) is 27.4. The van der Waals surface area contributed by atoms with Crippen LogP contribution in [0.5, 0.6) is 0 Å². The number of piperazine rings is 1. The zero-order valence-electron chi connectivity index (χ0n) is 16.7. The molecule has 6 heteroatoms. The van der Waals surface area contributed by atoms with Gasteiger partial charge >= 0.3 is 5.97 Å². The summed E-state index contributed by atoms with van der Waals surface area (Å²) in [6, 6.07) is 0. The number of fused-ring (bicyclic) bond motifs is 2. The van der Waals surface area contributed by atoms with Crippen LogP contribution >= 0.6 is 0 Å². The van der Waals surface area contributed by atoms with E-state index >= 15 is 0 Å². The van der Waals surface area contributed by atoms with E-state index in [1.165, 1.54) is 10.5 Å². The number of aliphatic hydroxyl groups excluding tert-OH is 1. The highest BCUT2D eigenvalue weighted by atomic mass is 16.6. The maximum atomic E-state index is 12.7. The Balaban J connectivity index is 1.50. The van der Waals surface area contributed by atoms with Gasteiger partial charge < -0.3 is 19.6 Å². The number of allylic oxidation sites excluding steroid dienone is 1. The minimum Gasteiger partial charge on any atom is -0.461 e. The summed E-state index contributed by atoms with van der Waals surface area (Å²) >= 11 is 0. The standard InChI is InChI=1S/C21H32N2O4/c1-13-5-4-6-15-11-17-18(19(25)21(13,15)3)16(20(26)27-17)12-22-7-9-23(10-8-22)14(2)24/h6,13,16-19,25H,4-5,7-12H2,1-3H3/p+1/t13-,16-,17-,18-,19+,21-/m1/s1. The van der Waals surface area contributed by atoms with E-state index in [1.54, 1.807) is 6.92 Å². The number of nitrogens with one attached hydrogen (secondary N) is 1. The summed E-state index contributed by atoms with van der Waals surface area (Å²) in [5, 5.41) is 11.4. The number of carbonyl (C=O) groups excluding carboxylic acids is 2. The maximum Gasteiger partial charge on any atom is 0.315 e. The first-order chi connectivity index (χ1) is 12.8.